The van der Waals surface area contributed by atoms with Crippen LogP contribution in [0, 0.1) is 3.57 Å². The van der Waals surface area contributed by atoms with Crippen molar-refractivity contribution in [1.82, 2.24) is 0 Å². The number of nitrogens with zero attached hydrogens (tertiary/aromatic N) is 1. The Kier molecular flexibility index (Phi) is 15.4. The van der Waals surface area contributed by atoms with Gasteiger partial charge in [0, 0.05) is 62.2 Å². The summed E-state index contributed by atoms with van der Waals surface area (Å²) in [6, 6.07) is 132. The second-order valence-electron chi connectivity index (χ2n) is 27.6. The zero-order valence-corrected chi connectivity index (χ0v) is 62.1. The molecule has 4 aliphatic carbocycles. The molecular weight excluding hydrogens is 1520 g/mol. The fraction of sp³-hybridized carbons (Fsp3) is 0.0303. The average Bonchev–Trinajstić information content (AvgIpc) is 1.51. The van der Waals surface area contributed by atoms with Gasteiger partial charge in [0.25, 0.3) is 0 Å². The van der Waals surface area contributed by atoms with Gasteiger partial charge in [0.1, 0.15) is 22.3 Å². The lowest BCUT2D eigenvalue weighted by molar-refractivity contribution is 0.669. The van der Waals surface area contributed by atoms with Crippen LogP contribution in [-0.2, 0) is 17.3 Å². The zero-order valence-electron chi connectivity index (χ0n) is 56.7. The number of anilines is 3. The van der Waals surface area contributed by atoms with Crippen LogP contribution in [0.4, 0.5) is 17.1 Å². The Labute approximate surface area is 639 Å². The monoisotopic (exact) mass is 1580 g/mol. The number of para-hydroxylation sites is 4. The first-order chi connectivity index (χ1) is 51.8. The van der Waals surface area contributed by atoms with E-state index < -0.39 is 5.41 Å². The maximum Gasteiger partial charge on any atom is 0.143 e. The molecule has 0 radical (unpaired) electrons. The summed E-state index contributed by atoms with van der Waals surface area (Å²) in [7, 11) is 0. The molecule has 18 aromatic rings. The summed E-state index contributed by atoms with van der Waals surface area (Å²) in [4.78, 5) is 2.38. The molecule has 3 nitrogen and oxygen atoms in total. The molecule has 0 fully saturated rings. The molecule has 0 unspecified atom stereocenters. The van der Waals surface area contributed by atoms with Crippen molar-refractivity contribution in [3.05, 3.63) is 432 Å². The van der Waals surface area contributed by atoms with E-state index >= 15 is 0 Å². The number of hydrogen-bond acceptors (Lipinski definition) is 3. The molecule has 0 atom stereocenters. The highest BCUT2D eigenvalue weighted by Gasteiger charge is 2.53. The van der Waals surface area contributed by atoms with Crippen LogP contribution in [0.25, 0.3) is 111 Å². The summed E-state index contributed by atoms with van der Waals surface area (Å²) in [6.07, 6.45) is 0.873. The number of halogens is 3. The van der Waals surface area contributed by atoms with Crippen molar-refractivity contribution in [2.75, 3.05) is 4.90 Å². The average molecular weight is 1580 g/mol. The van der Waals surface area contributed by atoms with Crippen LogP contribution in [0.1, 0.15) is 55.6 Å². The molecule has 4 aliphatic rings. The number of benzene rings is 16. The van der Waals surface area contributed by atoms with Crippen molar-refractivity contribution in [2.24, 2.45) is 0 Å². The van der Waals surface area contributed by atoms with Gasteiger partial charge in [0.2, 0.25) is 0 Å². The van der Waals surface area contributed by atoms with Gasteiger partial charge >= 0.3 is 0 Å². The highest BCUT2D eigenvalue weighted by molar-refractivity contribution is 14.1. The molecule has 6 heteroatoms. The molecular formula is C99H62Br2INO2. The predicted molar refractivity (Wildman–Crippen MR) is 449 cm³/mol. The zero-order chi connectivity index (χ0) is 69.9. The Bertz CT molecular complexity index is 6340. The fourth-order valence-corrected chi connectivity index (χ4v) is 18.6. The van der Waals surface area contributed by atoms with E-state index in [0.29, 0.717) is 0 Å². The third-order valence-corrected chi connectivity index (χ3v) is 23.9. The van der Waals surface area contributed by atoms with Gasteiger partial charge in [-0.2, -0.15) is 0 Å². The first-order valence-electron chi connectivity index (χ1n) is 35.6. The summed E-state index contributed by atoms with van der Waals surface area (Å²) in [5.74, 6) is 0. The molecule has 0 N–H and O–H groups in total. The lowest BCUT2D eigenvalue weighted by atomic mass is 9.70. The van der Waals surface area contributed by atoms with Crippen LogP contribution in [0.15, 0.2) is 382 Å². The molecule has 0 bridgehead atoms. The molecule has 0 saturated heterocycles. The van der Waals surface area contributed by atoms with Crippen LogP contribution in [0.5, 0.6) is 0 Å². The molecule has 496 valence electrons. The Morgan fingerprint density at radius 2 is 0.571 bits per heavy atom. The van der Waals surface area contributed by atoms with Gasteiger partial charge in [-0.1, -0.05) is 311 Å². The highest BCUT2D eigenvalue weighted by atomic mass is 127. The predicted octanol–water partition coefficient (Wildman–Crippen LogP) is 28.1. The van der Waals surface area contributed by atoms with Crippen molar-refractivity contribution >= 4 is 115 Å². The van der Waals surface area contributed by atoms with Gasteiger partial charge in [-0.15, -0.1) is 0 Å². The maximum atomic E-state index is 6.42. The third kappa shape index (κ3) is 10.1. The van der Waals surface area contributed by atoms with E-state index in [1.807, 2.05) is 36.4 Å². The smallest absolute Gasteiger partial charge is 0.143 e. The highest BCUT2D eigenvalue weighted by Crippen LogP contribution is 2.65. The molecule has 0 aliphatic heterocycles. The molecule has 16 aromatic carbocycles. The van der Waals surface area contributed by atoms with E-state index in [1.54, 1.807) is 0 Å². The van der Waals surface area contributed by atoms with Crippen molar-refractivity contribution in [2.45, 2.75) is 17.3 Å². The Morgan fingerprint density at radius 1 is 0.257 bits per heavy atom. The van der Waals surface area contributed by atoms with Crippen molar-refractivity contribution in [3.63, 3.8) is 0 Å². The van der Waals surface area contributed by atoms with Crippen molar-refractivity contribution < 1.29 is 8.83 Å². The van der Waals surface area contributed by atoms with Gasteiger partial charge in [0.05, 0.1) is 10.8 Å². The Morgan fingerprint density at radius 3 is 1.00 bits per heavy atom. The molecule has 0 amide bonds. The minimum absolute atomic E-state index is 0.301. The quantitative estimate of drug-likeness (QED) is 0.149. The summed E-state index contributed by atoms with van der Waals surface area (Å²) in [5, 5.41) is 4.60. The topological polar surface area (TPSA) is 29.5 Å². The van der Waals surface area contributed by atoms with Crippen LogP contribution >= 0.6 is 54.5 Å². The van der Waals surface area contributed by atoms with Crippen LogP contribution in [-0.4, -0.2) is 0 Å². The largest absolute Gasteiger partial charge is 0.455 e. The lowest BCUT2D eigenvalue weighted by Crippen LogP contribution is -2.26. The van der Waals surface area contributed by atoms with Gasteiger partial charge in [-0.3, -0.25) is 0 Å². The lowest BCUT2D eigenvalue weighted by Gasteiger charge is -2.32. The summed E-state index contributed by atoms with van der Waals surface area (Å²) < 4.78 is 16.2. The van der Waals surface area contributed by atoms with E-state index in [9.17, 15) is 0 Å². The number of hydrogen-bond donors (Lipinski definition) is 0. The third-order valence-electron chi connectivity index (χ3n) is 22.1. The molecule has 2 heterocycles. The molecule has 2 aromatic heterocycles. The molecule has 0 saturated carbocycles. The van der Waals surface area contributed by atoms with Gasteiger partial charge in [0.15, 0.2) is 0 Å². The summed E-state index contributed by atoms with van der Waals surface area (Å²) in [6.45, 7) is 0. The van der Waals surface area contributed by atoms with Crippen LogP contribution < -0.4 is 4.90 Å². The minimum atomic E-state index is -0.407. The number of rotatable bonds is 7. The SMILES string of the molecule is Brc1ccc(I)cc1.Brc1ccc(N(c2ccc(-c3cccc4c3oc3ccccc34)cc2)c2ccc3c(c2)C2(c4ccccc4-c4ccccc42)c2ccccc2-3)cc1.c1ccc2c(c1)-c1ccccc1C21c2ccccc2-c2ccc(Cc3ccc(-c4cccc5c4oc4ccccc45)cc3)cc21. The van der Waals surface area contributed by atoms with Gasteiger partial charge in [-0.25, -0.2) is 0 Å². The molecule has 105 heavy (non-hydrogen) atoms. The first-order valence-corrected chi connectivity index (χ1v) is 38.3. The van der Waals surface area contributed by atoms with E-state index in [0.717, 1.165) is 93.0 Å². The van der Waals surface area contributed by atoms with Gasteiger partial charge in [-0.05, 0) is 225 Å². The standard InChI is InChI=1S/C49H30BrNO.C44H28O.C6H4BrI/c50-32-22-26-34(27-23-32)51(33-24-20-31(21-25-33)36-14-9-15-42-41-13-4-8-19-47(41)52-48(36)42)35-28-29-40-39-12-3-7-18-45(39)49(46(40)30-35)43-16-5-1-10-37(43)38-11-2-6-17-44(38)49;1-5-16-38-32(10-1)33-11-2-6-17-39(33)44(38)40-18-7-3-12-34(40)35-25-22-29(27-41(35)44)26-28-20-23-30(24-21-28)31-14-9-15-37-36-13-4-8-19-42(36)45-43(31)37;7-5-1-3-6(8)4-2-5/h1-30H;1-25,27H,26H2;1-4H. The van der Waals surface area contributed by atoms with Crippen molar-refractivity contribution in [3.8, 4) is 66.8 Å². The summed E-state index contributed by atoms with van der Waals surface area (Å²) in [5.41, 5.74) is 34.9. The second kappa shape index (κ2) is 25.5. The number of furan rings is 2. The molecule has 22 rings (SSSR count). The van der Waals surface area contributed by atoms with E-state index in [2.05, 4.69) is 387 Å². The van der Waals surface area contributed by atoms with Crippen molar-refractivity contribution in [1.29, 1.82) is 0 Å². The second-order valence-corrected chi connectivity index (χ2v) is 30.7. The van der Waals surface area contributed by atoms with E-state index in [-0.39, 0.29) is 5.41 Å². The fourth-order valence-electron chi connectivity index (χ4n) is 17.7. The van der Waals surface area contributed by atoms with E-state index in [1.165, 1.54) is 109 Å². The van der Waals surface area contributed by atoms with Gasteiger partial charge < -0.3 is 13.7 Å². The number of fused-ring (bicyclic) bond motifs is 26. The Hall–Kier alpha value is -11.4. The Balaban J connectivity index is 0.000000127. The molecule has 2 spiro atoms. The minimum Gasteiger partial charge on any atom is -0.455 e. The normalized spacial score (nSPS) is 13.1. The van der Waals surface area contributed by atoms with E-state index in [4.69, 9.17) is 8.83 Å². The maximum absolute atomic E-state index is 6.42. The van der Waals surface area contributed by atoms with Crippen LogP contribution in [0.2, 0.25) is 0 Å². The summed E-state index contributed by atoms with van der Waals surface area (Å²) >= 11 is 9.29. The first kappa shape index (κ1) is 63.3. The van der Waals surface area contributed by atoms with Crippen LogP contribution in [0.3, 0.4) is 0 Å².